The zero-order valence-electron chi connectivity index (χ0n) is 19.2. The molecule has 0 spiro atoms. The summed E-state index contributed by atoms with van der Waals surface area (Å²) >= 11 is 0. The molecule has 3 aromatic heterocycles. The normalized spacial score (nSPS) is 18.2. The molecule has 9 heteroatoms. The van der Waals surface area contributed by atoms with Crippen molar-refractivity contribution in [3.8, 4) is 0 Å². The van der Waals surface area contributed by atoms with E-state index in [9.17, 15) is 4.79 Å². The van der Waals surface area contributed by atoms with E-state index in [1.165, 1.54) is 0 Å². The molecule has 1 amide bonds. The molecule has 5 rings (SSSR count). The number of aromatic nitrogens is 3. The third-order valence-electron chi connectivity index (χ3n) is 6.84. The van der Waals surface area contributed by atoms with Gasteiger partial charge in [-0.05, 0) is 57.6 Å². The van der Waals surface area contributed by atoms with E-state index in [2.05, 4.69) is 15.3 Å². The second-order valence-electron chi connectivity index (χ2n) is 9.12. The molecule has 0 atom stereocenters. The number of piperidine rings is 1. The molecule has 2 fully saturated rings. The van der Waals surface area contributed by atoms with Crippen LogP contribution < -0.4 is 0 Å². The van der Waals surface area contributed by atoms with Crippen molar-refractivity contribution in [1.29, 1.82) is 0 Å². The number of furan rings is 1. The summed E-state index contributed by atoms with van der Waals surface area (Å²) in [4.78, 5) is 19.4. The fourth-order valence-electron chi connectivity index (χ4n) is 4.73. The minimum Gasteiger partial charge on any atom is -0.456 e. The molecular weight excluding hydrogens is 424 g/mol. The Labute approximate surface area is 192 Å². The van der Waals surface area contributed by atoms with E-state index in [4.69, 9.17) is 18.2 Å². The highest BCUT2D eigenvalue weighted by atomic mass is 16.5. The molecule has 0 radical (unpaired) electrons. The van der Waals surface area contributed by atoms with Gasteiger partial charge in [0.1, 0.15) is 11.5 Å². The van der Waals surface area contributed by atoms with Crippen LogP contribution in [0.25, 0.3) is 0 Å². The van der Waals surface area contributed by atoms with Gasteiger partial charge in [0, 0.05) is 50.6 Å². The van der Waals surface area contributed by atoms with Crippen LogP contribution in [0.1, 0.15) is 76.6 Å². The maximum atomic E-state index is 12.9. The first-order valence-electron chi connectivity index (χ1n) is 11.8. The lowest BCUT2D eigenvalue weighted by atomic mass is 9.93. The lowest BCUT2D eigenvalue weighted by molar-refractivity contribution is 0.0653. The number of likely N-dealkylation sites (tertiary alicyclic amines) is 1. The summed E-state index contributed by atoms with van der Waals surface area (Å²) < 4.78 is 22.0. The highest BCUT2D eigenvalue weighted by Gasteiger charge is 2.28. The van der Waals surface area contributed by atoms with Crippen LogP contribution >= 0.6 is 0 Å². The summed E-state index contributed by atoms with van der Waals surface area (Å²) in [5.41, 5.74) is 1.85. The Kier molecular flexibility index (Phi) is 6.30. The van der Waals surface area contributed by atoms with Crippen LogP contribution in [0.4, 0.5) is 0 Å². The summed E-state index contributed by atoms with van der Waals surface area (Å²) in [5.74, 6) is 4.13. The summed E-state index contributed by atoms with van der Waals surface area (Å²) in [6.07, 6.45) is 5.05. The molecule has 5 heterocycles. The van der Waals surface area contributed by atoms with Gasteiger partial charge in [0.05, 0.1) is 5.69 Å². The van der Waals surface area contributed by atoms with E-state index in [0.717, 1.165) is 73.9 Å². The van der Waals surface area contributed by atoms with Crippen molar-refractivity contribution in [3.05, 3.63) is 52.4 Å². The number of aryl methyl sites for hydroxylation is 2. The van der Waals surface area contributed by atoms with Crippen LogP contribution in [0.2, 0.25) is 0 Å². The van der Waals surface area contributed by atoms with Gasteiger partial charge in [-0.2, -0.15) is 4.98 Å². The molecule has 0 N–H and O–H groups in total. The van der Waals surface area contributed by atoms with Gasteiger partial charge in [0.15, 0.2) is 11.6 Å². The molecular formula is C24H30N4O5. The number of hydrogen-bond acceptors (Lipinski definition) is 8. The van der Waals surface area contributed by atoms with Gasteiger partial charge in [-0.25, -0.2) is 0 Å². The number of ether oxygens (including phenoxy) is 1. The minimum absolute atomic E-state index is 0.0574. The van der Waals surface area contributed by atoms with Crippen LogP contribution in [0.5, 0.6) is 0 Å². The molecule has 2 aliphatic heterocycles. The topological polar surface area (TPSA) is 108 Å². The van der Waals surface area contributed by atoms with Crippen LogP contribution in [0, 0.1) is 19.8 Å². The third kappa shape index (κ3) is 4.88. The second-order valence-corrected chi connectivity index (χ2v) is 9.12. The Morgan fingerprint density at radius 2 is 1.85 bits per heavy atom. The van der Waals surface area contributed by atoms with Crippen LogP contribution in [-0.2, 0) is 17.6 Å². The third-order valence-corrected chi connectivity index (χ3v) is 6.84. The SMILES string of the molecule is Cc1noc(C)c1Cc1ccc(C(=O)N2CCC(Cc3nc(C4CCOCC4)no3)CC2)o1. The summed E-state index contributed by atoms with van der Waals surface area (Å²) in [7, 11) is 0. The standard InChI is InChI=1S/C24H30N4O5/c1-15-20(16(2)32-26-15)14-19-3-4-21(31-19)24(29)28-9-5-17(6-10-28)13-22-25-23(27-33-22)18-7-11-30-12-8-18/h3-4,17-18H,5-14H2,1-2H3. The predicted molar refractivity (Wildman–Crippen MR) is 117 cm³/mol. The van der Waals surface area contributed by atoms with Crippen molar-refractivity contribution in [1.82, 2.24) is 20.2 Å². The van der Waals surface area contributed by atoms with Crippen molar-refractivity contribution in [2.75, 3.05) is 26.3 Å². The van der Waals surface area contributed by atoms with E-state index < -0.39 is 0 Å². The van der Waals surface area contributed by atoms with Gasteiger partial charge in [0.2, 0.25) is 5.89 Å². The van der Waals surface area contributed by atoms with E-state index in [-0.39, 0.29) is 5.91 Å². The first-order valence-corrected chi connectivity index (χ1v) is 11.8. The zero-order chi connectivity index (χ0) is 22.8. The fraction of sp³-hybridized carbons (Fsp3) is 0.583. The maximum Gasteiger partial charge on any atom is 0.289 e. The van der Waals surface area contributed by atoms with Gasteiger partial charge in [-0.15, -0.1) is 0 Å². The highest BCUT2D eigenvalue weighted by Crippen LogP contribution is 2.27. The number of carbonyl (C=O) groups excluding carboxylic acids is 1. The number of rotatable bonds is 6. The Morgan fingerprint density at radius 1 is 1.06 bits per heavy atom. The number of carbonyl (C=O) groups is 1. The second kappa shape index (κ2) is 9.51. The van der Waals surface area contributed by atoms with Crippen LogP contribution in [0.3, 0.4) is 0 Å². The summed E-state index contributed by atoms with van der Waals surface area (Å²) in [6, 6.07) is 3.62. The largest absolute Gasteiger partial charge is 0.456 e. The minimum atomic E-state index is -0.0574. The van der Waals surface area contributed by atoms with Crippen molar-refractivity contribution in [3.63, 3.8) is 0 Å². The lowest BCUT2D eigenvalue weighted by Crippen LogP contribution is -2.38. The number of nitrogens with zero attached hydrogens (tertiary/aromatic N) is 4. The maximum absolute atomic E-state index is 12.9. The van der Waals surface area contributed by atoms with E-state index in [1.807, 2.05) is 24.8 Å². The summed E-state index contributed by atoms with van der Waals surface area (Å²) in [6.45, 7) is 6.71. The molecule has 33 heavy (non-hydrogen) atoms. The van der Waals surface area contributed by atoms with Crippen molar-refractivity contribution in [2.24, 2.45) is 5.92 Å². The first kappa shape index (κ1) is 21.9. The molecule has 2 aliphatic rings. The number of amides is 1. The molecule has 0 unspecified atom stereocenters. The highest BCUT2D eigenvalue weighted by molar-refractivity contribution is 5.91. The van der Waals surface area contributed by atoms with E-state index >= 15 is 0 Å². The van der Waals surface area contributed by atoms with Crippen LogP contribution in [-0.4, -0.2) is 52.4 Å². The zero-order valence-corrected chi connectivity index (χ0v) is 19.2. The molecule has 0 bridgehead atoms. The first-order chi connectivity index (χ1) is 16.1. The molecule has 2 saturated heterocycles. The Hall–Kier alpha value is -2.94. The van der Waals surface area contributed by atoms with Gasteiger partial charge >= 0.3 is 0 Å². The monoisotopic (exact) mass is 454 g/mol. The predicted octanol–water partition coefficient (Wildman–Crippen LogP) is 3.85. The molecule has 3 aromatic rings. The van der Waals surface area contributed by atoms with Gasteiger partial charge in [-0.1, -0.05) is 10.3 Å². The average molecular weight is 455 g/mol. The molecule has 9 nitrogen and oxygen atoms in total. The lowest BCUT2D eigenvalue weighted by Gasteiger charge is -2.30. The van der Waals surface area contributed by atoms with Gasteiger partial charge in [0.25, 0.3) is 5.91 Å². The van der Waals surface area contributed by atoms with Gasteiger partial charge in [-0.3, -0.25) is 4.79 Å². The molecule has 0 aliphatic carbocycles. The molecule has 0 aromatic carbocycles. The smallest absolute Gasteiger partial charge is 0.289 e. The Balaban J connectivity index is 1.13. The number of hydrogen-bond donors (Lipinski definition) is 0. The van der Waals surface area contributed by atoms with E-state index in [1.54, 1.807) is 6.07 Å². The Bertz CT molecular complexity index is 1070. The fourth-order valence-corrected chi connectivity index (χ4v) is 4.73. The van der Waals surface area contributed by atoms with Gasteiger partial charge < -0.3 is 23.1 Å². The molecule has 176 valence electrons. The van der Waals surface area contributed by atoms with E-state index in [0.29, 0.717) is 43.0 Å². The van der Waals surface area contributed by atoms with Crippen LogP contribution in [0.15, 0.2) is 25.6 Å². The Morgan fingerprint density at radius 3 is 2.58 bits per heavy atom. The summed E-state index contributed by atoms with van der Waals surface area (Å²) in [5, 5.41) is 8.18. The molecule has 0 saturated carbocycles. The van der Waals surface area contributed by atoms with Crippen molar-refractivity contribution >= 4 is 5.91 Å². The van der Waals surface area contributed by atoms with Crippen molar-refractivity contribution in [2.45, 2.75) is 58.3 Å². The quantitative estimate of drug-likeness (QED) is 0.553. The van der Waals surface area contributed by atoms with Crippen molar-refractivity contribution < 1.29 is 23.0 Å². The average Bonchev–Trinajstić information content (AvgIpc) is 3.58.